The van der Waals surface area contributed by atoms with Gasteiger partial charge in [0.05, 0.1) is 16.8 Å². The van der Waals surface area contributed by atoms with Crippen molar-refractivity contribution in [3.63, 3.8) is 0 Å². The van der Waals surface area contributed by atoms with Gasteiger partial charge in [0.25, 0.3) is 0 Å². The molecule has 0 radical (unpaired) electrons. The molecule has 0 saturated heterocycles. The van der Waals surface area contributed by atoms with E-state index in [1.807, 2.05) is 18.2 Å². The molecule has 17 rings (SSSR count). The van der Waals surface area contributed by atoms with Crippen molar-refractivity contribution < 1.29 is 0 Å². The zero-order valence-corrected chi connectivity index (χ0v) is 45.9. The fourth-order valence-corrected chi connectivity index (χ4v) is 16.6. The molecule has 4 fully saturated rings. The molecule has 5 aliphatic carbocycles. The molecular formula is C77H62N4. The summed E-state index contributed by atoms with van der Waals surface area (Å²) in [7, 11) is 0. The van der Waals surface area contributed by atoms with Gasteiger partial charge in [0.15, 0.2) is 17.5 Å². The van der Waals surface area contributed by atoms with Crippen LogP contribution in [0.2, 0.25) is 0 Å². The second-order valence-electron chi connectivity index (χ2n) is 24.3. The van der Waals surface area contributed by atoms with Crippen molar-refractivity contribution in [3.8, 4) is 56.4 Å². The minimum atomic E-state index is -0.474. The first kappa shape index (κ1) is 48.0. The van der Waals surface area contributed by atoms with Gasteiger partial charge in [0, 0.05) is 33.2 Å². The van der Waals surface area contributed by atoms with Crippen molar-refractivity contribution >= 4 is 17.1 Å². The van der Waals surface area contributed by atoms with Gasteiger partial charge in [-0.2, -0.15) is 0 Å². The lowest BCUT2D eigenvalue weighted by molar-refractivity contribution is -0.0440. The van der Waals surface area contributed by atoms with E-state index in [2.05, 4.69) is 255 Å². The van der Waals surface area contributed by atoms with E-state index in [1.54, 1.807) is 11.1 Å². The number of hydrogen-bond acceptors (Lipinski definition) is 4. The maximum atomic E-state index is 5.28. The third kappa shape index (κ3) is 7.32. The fourth-order valence-electron chi connectivity index (χ4n) is 16.6. The Morgan fingerprint density at radius 3 is 1.27 bits per heavy atom. The van der Waals surface area contributed by atoms with Crippen LogP contribution in [0.3, 0.4) is 0 Å². The molecule has 4 nitrogen and oxygen atoms in total. The topological polar surface area (TPSA) is 41.9 Å². The van der Waals surface area contributed by atoms with Crippen LogP contribution in [0, 0.1) is 23.7 Å². The summed E-state index contributed by atoms with van der Waals surface area (Å²) >= 11 is 0. The summed E-state index contributed by atoms with van der Waals surface area (Å²) < 4.78 is 0. The Kier molecular flexibility index (Phi) is 11.0. The van der Waals surface area contributed by atoms with Gasteiger partial charge in [-0.25, -0.2) is 15.0 Å². The van der Waals surface area contributed by atoms with Crippen LogP contribution in [0.15, 0.2) is 255 Å². The molecule has 6 aliphatic rings. The first-order valence-electron chi connectivity index (χ1n) is 29.3. The van der Waals surface area contributed by atoms with Crippen LogP contribution in [0.5, 0.6) is 0 Å². The average Bonchev–Trinajstić information content (AvgIpc) is 2.53. The average molecular weight is 1040 g/mol. The quantitative estimate of drug-likeness (QED) is 0.152. The summed E-state index contributed by atoms with van der Waals surface area (Å²) in [5, 5.41) is 0. The molecular weight excluding hydrogens is 981 g/mol. The number of benzene rings is 10. The van der Waals surface area contributed by atoms with Gasteiger partial charge in [-0.1, -0.05) is 214 Å². The Labute approximate surface area is 476 Å². The lowest BCUT2D eigenvalue weighted by atomic mass is 9.38. The molecule has 10 aromatic carbocycles. The molecule has 390 valence electrons. The zero-order valence-electron chi connectivity index (χ0n) is 45.9. The van der Waals surface area contributed by atoms with Gasteiger partial charge < -0.3 is 4.90 Å². The molecule has 1 aliphatic heterocycles. The van der Waals surface area contributed by atoms with E-state index in [1.165, 1.54) is 88.0 Å². The van der Waals surface area contributed by atoms with Crippen LogP contribution in [-0.4, -0.2) is 15.0 Å². The van der Waals surface area contributed by atoms with Crippen LogP contribution >= 0.6 is 0 Å². The SMILES string of the molecule is CC1(C)c2ccccc2N(c2ccc(-c3nc(-c4ccccc4)nc(-c4cccc(-c5cccc(-c6ccc7c(c6)C6(c8ccccc8C7(c7ccccc7)c7ccccc7)C7CC8CC(C7)CC6C8)c5)c4)n3)cc2)c2ccccc21. The highest BCUT2D eigenvalue weighted by Crippen LogP contribution is 2.70. The molecule has 4 bridgehead atoms. The molecule has 0 N–H and O–H groups in total. The minimum Gasteiger partial charge on any atom is -0.310 e. The Balaban J connectivity index is 0.798. The predicted molar refractivity (Wildman–Crippen MR) is 330 cm³/mol. The van der Waals surface area contributed by atoms with E-state index in [9.17, 15) is 0 Å². The molecule has 1 aromatic heterocycles. The summed E-state index contributed by atoms with van der Waals surface area (Å²) in [6.45, 7) is 4.65. The van der Waals surface area contributed by atoms with Crippen LogP contribution in [0.25, 0.3) is 56.4 Å². The molecule has 81 heavy (non-hydrogen) atoms. The summed E-state index contributed by atoms with van der Waals surface area (Å²) in [5.41, 5.74) is 21.7. The molecule has 2 heterocycles. The third-order valence-electron chi connectivity index (χ3n) is 19.8. The van der Waals surface area contributed by atoms with Gasteiger partial charge in [-0.05, 0) is 177 Å². The van der Waals surface area contributed by atoms with Gasteiger partial charge in [0.1, 0.15) is 0 Å². The van der Waals surface area contributed by atoms with Gasteiger partial charge in [0.2, 0.25) is 0 Å². The van der Waals surface area contributed by atoms with E-state index in [0.717, 1.165) is 45.3 Å². The maximum Gasteiger partial charge on any atom is 0.164 e. The van der Waals surface area contributed by atoms with Crippen molar-refractivity contribution in [2.24, 2.45) is 23.7 Å². The van der Waals surface area contributed by atoms with Gasteiger partial charge in [-0.3, -0.25) is 0 Å². The maximum absolute atomic E-state index is 5.28. The molecule has 1 spiro atoms. The van der Waals surface area contributed by atoms with E-state index in [-0.39, 0.29) is 10.8 Å². The summed E-state index contributed by atoms with van der Waals surface area (Å²) in [4.78, 5) is 18.0. The summed E-state index contributed by atoms with van der Waals surface area (Å²) in [6.07, 6.45) is 6.72. The molecule has 0 amide bonds. The van der Waals surface area contributed by atoms with Crippen molar-refractivity contribution in [2.45, 2.75) is 62.2 Å². The van der Waals surface area contributed by atoms with Gasteiger partial charge in [-0.15, -0.1) is 0 Å². The van der Waals surface area contributed by atoms with Crippen molar-refractivity contribution in [3.05, 3.63) is 299 Å². The van der Waals surface area contributed by atoms with E-state index in [0.29, 0.717) is 29.3 Å². The Hall–Kier alpha value is -8.99. The van der Waals surface area contributed by atoms with Crippen LogP contribution in [0.1, 0.15) is 90.5 Å². The Morgan fingerprint density at radius 1 is 0.321 bits per heavy atom. The number of rotatable bonds is 8. The second kappa shape index (κ2) is 18.5. The number of aromatic nitrogens is 3. The molecule has 4 saturated carbocycles. The van der Waals surface area contributed by atoms with Crippen LogP contribution in [-0.2, 0) is 16.2 Å². The van der Waals surface area contributed by atoms with Crippen molar-refractivity contribution in [1.82, 2.24) is 15.0 Å². The first-order valence-corrected chi connectivity index (χ1v) is 29.3. The molecule has 11 aromatic rings. The Bertz CT molecular complexity index is 4100. The molecule has 0 unspecified atom stereocenters. The lowest BCUT2D eigenvalue weighted by Crippen LogP contribution is -2.59. The zero-order chi connectivity index (χ0) is 53.9. The standard InChI is InChI=1S/C77H62N4/c1-75(2)67-32-14-16-34-70(67)81(71-35-17-15-33-68(71)75)63-39-36-53(37-40-63)73-78-72(52-20-6-3-7-21-52)79-74(80-73)58-25-19-24-56(48-58)54-22-18-23-55(47-54)57-38-41-66-69(49-57)77(61-43-50-42-51(45-61)46-62(77)44-50)65-31-13-12-30-64(65)76(66,59-26-8-4-9-27-59)60-28-10-5-11-29-60/h3-41,47-51,61-62H,42-46H2,1-2H3. The number of para-hydroxylation sites is 2. The first-order chi connectivity index (χ1) is 39.8. The minimum absolute atomic E-state index is 0.0539. The van der Waals surface area contributed by atoms with E-state index in [4.69, 9.17) is 15.0 Å². The Morgan fingerprint density at radius 2 is 0.716 bits per heavy atom. The smallest absolute Gasteiger partial charge is 0.164 e. The number of nitrogens with zero attached hydrogens (tertiary/aromatic N) is 4. The number of fused-ring (bicyclic) bond motifs is 4. The highest BCUT2D eigenvalue weighted by Gasteiger charge is 2.63. The monoisotopic (exact) mass is 1040 g/mol. The molecule has 4 heteroatoms. The van der Waals surface area contributed by atoms with Crippen LogP contribution < -0.4 is 4.90 Å². The van der Waals surface area contributed by atoms with Crippen molar-refractivity contribution in [1.29, 1.82) is 0 Å². The fraction of sp³-hybridized carbons (Fsp3) is 0.182. The lowest BCUT2D eigenvalue weighted by Gasteiger charge is -2.65. The normalized spacial score (nSPS) is 21.2. The van der Waals surface area contributed by atoms with E-state index >= 15 is 0 Å². The second-order valence-corrected chi connectivity index (χ2v) is 24.3. The summed E-state index contributed by atoms with van der Waals surface area (Å²) in [6, 6.07) is 94.7. The largest absolute Gasteiger partial charge is 0.310 e. The highest BCUT2D eigenvalue weighted by atomic mass is 15.2. The van der Waals surface area contributed by atoms with Gasteiger partial charge >= 0.3 is 0 Å². The third-order valence-corrected chi connectivity index (χ3v) is 19.8. The number of hydrogen-bond donors (Lipinski definition) is 0. The summed E-state index contributed by atoms with van der Waals surface area (Å²) in [5.74, 6) is 4.83. The number of anilines is 3. The van der Waals surface area contributed by atoms with E-state index < -0.39 is 5.41 Å². The van der Waals surface area contributed by atoms with Crippen LogP contribution in [0.4, 0.5) is 17.1 Å². The van der Waals surface area contributed by atoms with Crippen molar-refractivity contribution in [2.75, 3.05) is 4.90 Å². The molecule has 0 atom stereocenters. The predicted octanol–water partition coefficient (Wildman–Crippen LogP) is 18.8. The highest BCUT2D eigenvalue weighted by molar-refractivity contribution is 5.87.